The second kappa shape index (κ2) is 7.84. The van der Waals surface area contributed by atoms with E-state index >= 15 is 0 Å². The molecule has 0 saturated carbocycles. The number of carbonyl (C=O) groups is 1. The molecule has 1 aromatic carbocycles. The SMILES string of the molecule is O=C(O)C1CCCN(S(=O)(=O)c2ccc(S(=O)(=O)N3CCNCC3)cc2)C1. The third-order valence-electron chi connectivity index (χ3n) is 4.91. The quantitative estimate of drug-likeness (QED) is 0.678. The number of benzene rings is 1. The molecule has 27 heavy (non-hydrogen) atoms. The van der Waals surface area contributed by atoms with Gasteiger partial charge in [0, 0.05) is 39.3 Å². The molecule has 150 valence electrons. The molecule has 2 aliphatic rings. The molecule has 1 aromatic rings. The first-order valence-electron chi connectivity index (χ1n) is 8.77. The van der Waals surface area contributed by atoms with Crippen LogP contribution in [-0.2, 0) is 24.8 Å². The van der Waals surface area contributed by atoms with Crippen molar-refractivity contribution in [1.82, 2.24) is 13.9 Å². The number of hydrogen-bond acceptors (Lipinski definition) is 6. The minimum atomic E-state index is -3.86. The molecule has 11 heteroatoms. The number of aliphatic carboxylic acids is 1. The second-order valence-corrected chi connectivity index (χ2v) is 10.5. The zero-order valence-corrected chi connectivity index (χ0v) is 16.4. The molecular formula is C16H23N3O6S2. The predicted molar refractivity (Wildman–Crippen MR) is 97.2 cm³/mol. The maximum Gasteiger partial charge on any atom is 0.307 e. The van der Waals surface area contributed by atoms with E-state index in [1.807, 2.05) is 0 Å². The van der Waals surface area contributed by atoms with Crippen LogP contribution in [0.1, 0.15) is 12.8 Å². The highest BCUT2D eigenvalue weighted by molar-refractivity contribution is 7.89. The first-order valence-corrected chi connectivity index (χ1v) is 11.6. The van der Waals surface area contributed by atoms with Gasteiger partial charge in [-0.1, -0.05) is 0 Å². The standard InChI is InChI=1S/C16H23N3O6S2/c20-16(21)13-2-1-9-19(12-13)27(24,25)15-5-3-14(4-6-15)26(22,23)18-10-7-17-8-11-18/h3-6,13,17H,1-2,7-12H2,(H,20,21). The molecule has 2 aliphatic heterocycles. The van der Waals surface area contributed by atoms with Crippen molar-refractivity contribution in [2.24, 2.45) is 5.92 Å². The van der Waals surface area contributed by atoms with Gasteiger partial charge in [-0.15, -0.1) is 0 Å². The minimum Gasteiger partial charge on any atom is -0.481 e. The lowest BCUT2D eigenvalue weighted by Crippen LogP contribution is -2.46. The summed E-state index contributed by atoms with van der Waals surface area (Å²) in [6, 6.07) is 5.13. The third kappa shape index (κ3) is 4.16. The number of piperazine rings is 1. The molecule has 2 N–H and O–H groups in total. The van der Waals surface area contributed by atoms with E-state index in [0.717, 1.165) is 4.31 Å². The molecule has 0 bridgehead atoms. The highest BCUT2D eigenvalue weighted by Crippen LogP contribution is 2.25. The van der Waals surface area contributed by atoms with Crippen LogP contribution in [0.5, 0.6) is 0 Å². The van der Waals surface area contributed by atoms with Crippen LogP contribution >= 0.6 is 0 Å². The second-order valence-electron chi connectivity index (χ2n) is 6.67. The number of rotatable bonds is 5. The highest BCUT2D eigenvalue weighted by Gasteiger charge is 2.33. The lowest BCUT2D eigenvalue weighted by Gasteiger charge is -2.30. The molecule has 2 heterocycles. The Kier molecular flexibility index (Phi) is 5.87. The van der Waals surface area contributed by atoms with Crippen molar-refractivity contribution in [3.8, 4) is 0 Å². The van der Waals surface area contributed by atoms with E-state index in [9.17, 15) is 21.6 Å². The number of nitrogens with zero attached hydrogens (tertiary/aromatic N) is 2. The van der Waals surface area contributed by atoms with E-state index in [4.69, 9.17) is 5.11 Å². The molecule has 0 aliphatic carbocycles. The van der Waals surface area contributed by atoms with Crippen LogP contribution in [0, 0.1) is 5.92 Å². The number of carboxylic acids is 1. The van der Waals surface area contributed by atoms with E-state index < -0.39 is 31.9 Å². The van der Waals surface area contributed by atoms with Gasteiger partial charge >= 0.3 is 5.97 Å². The van der Waals surface area contributed by atoms with E-state index in [-0.39, 0.29) is 22.9 Å². The molecule has 0 spiro atoms. The zero-order chi connectivity index (χ0) is 19.7. The fourth-order valence-corrected chi connectivity index (χ4v) is 6.29. The first kappa shape index (κ1) is 20.2. The maximum absolute atomic E-state index is 12.8. The highest BCUT2D eigenvalue weighted by atomic mass is 32.2. The maximum atomic E-state index is 12.8. The summed E-state index contributed by atoms with van der Waals surface area (Å²) in [7, 11) is -7.53. The molecule has 1 unspecified atom stereocenters. The predicted octanol–water partition coefficient (Wildman–Crippen LogP) is -0.234. The van der Waals surface area contributed by atoms with Crippen LogP contribution in [-0.4, -0.2) is 75.8 Å². The summed E-state index contributed by atoms with van der Waals surface area (Å²) in [6.45, 7) is 2.07. The average molecular weight is 418 g/mol. The number of carboxylic acid groups (broad SMARTS) is 1. The smallest absolute Gasteiger partial charge is 0.307 e. The molecule has 0 amide bonds. The molecular weight excluding hydrogens is 394 g/mol. The van der Waals surface area contributed by atoms with Gasteiger partial charge in [-0.2, -0.15) is 8.61 Å². The molecule has 1 atom stereocenters. The van der Waals surface area contributed by atoms with Gasteiger partial charge in [0.25, 0.3) is 0 Å². The minimum absolute atomic E-state index is 0.0344. The molecule has 9 nitrogen and oxygen atoms in total. The summed E-state index contributed by atoms with van der Waals surface area (Å²) in [6.07, 6.45) is 0.925. The normalized spacial score (nSPS) is 23.2. The van der Waals surface area contributed by atoms with Crippen molar-refractivity contribution in [3.63, 3.8) is 0 Å². The van der Waals surface area contributed by atoms with Gasteiger partial charge in [0.1, 0.15) is 0 Å². The summed E-state index contributed by atoms with van der Waals surface area (Å²) in [5.41, 5.74) is 0. The van der Waals surface area contributed by atoms with Crippen LogP contribution in [0.3, 0.4) is 0 Å². The van der Waals surface area contributed by atoms with Crippen LogP contribution in [0.4, 0.5) is 0 Å². The first-order chi connectivity index (χ1) is 12.7. The summed E-state index contributed by atoms with van der Waals surface area (Å²) >= 11 is 0. The van der Waals surface area contributed by atoms with Crippen molar-refractivity contribution in [1.29, 1.82) is 0 Å². The van der Waals surface area contributed by atoms with Crippen molar-refractivity contribution in [2.75, 3.05) is 39.3 Å². The van der Waals surface area contributed by atoms with Crippen molar-refractivity contribution in [2.45, 2.75) is 22.6 Å². The topological polar surface area (TPSA) is 124 Å². The molecule has 2 saturated heterocycles. The number of hydrogen-bond donors (Lipinski definition) is 2. The fraction of sp³-hybridized carbons (Fsp3) is 0.562. The van der Waals surface area contributed by atoms with Gasteiger partial charge in [-0.05, 0) is 37.1 Å². The van der Waals surface area contributed by atoms with Crippen LogP contribution < -0.4 is 5.32 Å². The van der Waals surface area contributed by atoms with Crippen molar-refractivity contribution in [3.05, 3.63) is 24.3 Å². The number of piperidine rings is 1. The van der Waals surface area contributed by atoms with Crippen LogP contribution in [0.25, 0.3) is 0 Å². The van der Waals surface area contributed by atoms with Crippen LogP contribution in [0.15, 0.2) is 34.1 Å². The Bertz CT molecular complexity index is 893. The van der Waals surface area contributed by atoms with E-state index in [1.165, 1.54) is 28.6 Å². The molecule has 0 aromatic heterocycles. The van der Waals surface area contributed by atoms with Gasteiger partial charge in [0.05, 0.1) is 15.7 Å². The number of sulfonamides is 2. The molecule has 2 fully saturated rings. The lowest BCUT2D eigenvalue weighted by molar-refractivity contribution is -0.142. The van der Waals surface area contributed by atoms with E-state index in [2.05, 4.69) is 5.32 Å². The summed E-state index contributed by atoms with van der Waals surface area (Å²) in [5, 5.41) is 12.2. The Labute approximate surface area is 159 Å². The largest absolute Gasteiger partial charge is 0.481 e. The average Bonchev–Trinajstić information content (AvgIpc) is 2.69. The Hall–Kier alpha value is -1.53. The van der Waals surface area contributed by atoms with Gasteiger partial charge in [-0.25, -0.2) is 16.8 Å². The Morgan fingerprint density at radius 2 is 1.44 bits per heavy atom. The Morgan fingerprint density at radius 3 is 1.96 bits per heavy atom. The van der Waals surface area contributed by atoms with E-state index in [1.54, 1.807) is 0 Å². The molecule has 0 radical (unpaired) electrons. The Morgan fingerprint density at radius 1 is 0.926 bits per heavy atom. The van der Waals surface area contributed by atoms with Crippen molar-refractivity contribution < 1.29 is 26.7 Å². The van der Waals surface area contributed by atoms with Gasteiger partial charge in [-0.3, -0.25) is 4.79 Å². The third-order valence-corrected chi connectivity index (χ3v) is 8.70. The van der Waals surface area contributed by atoms with Crippen molar-refractivity contribution >= 4 is 26.0 Å². The van der Waals surface area contributed by atoms with Gasteiger partial charge < -0.3 is 10.4 Å². The van der Waals surface area contributed by atoms with Gasteiger partial charge in [0.15, 0.2) is 0 Å². The van der Waals surface area contributed by atoms with Gasteiger partial charge in [0.2, 0.25) is 20.0 Å². The summed E-state index contributed by atoms with van der Waals surface area (Å²) < 4.78 is 53.4. The zero-order valence-electron chi connectivity index (χ0n) is 14.7. The monoisotopic (exact) mass is 417 g/mol. The summed E-state index contributed by atoms with van der Waals surface area (Å²) in [4.78, 5) is 11.2. The Balaban J connectivity index is 1.81. The number of nitrogens with one attached hydrogen (secondary N) is 1. The summed E-state index contributed by atoms with van der Waals surface area (Å²) in [5.74, 6) is -1.73. The molecule has 3 rings (SSSR count). The fourth-order valence-electron chi connectivity index (χ4n) is 3.33. The van der Waals surface area contributed by atoms with Crippen LogP contribution in [0.2, 0.25) is 0 Å². The van der Waals surface area contributed by atoms with E-state index in [0.29, 0.717) is 39.0 Å². The lowest BCUT2D eigenvalue weighted by atomic mass is 10.0.